The minimum Gasteiger partial charge on any atom is -0.477 e. The second-order valence-electron chi connectivity index (χ2n) is 7.04. The Hall–Kier alpha value is -2.62. The number of aromatic nitrogens is 2. The van der Waals surface area contributed by atoms with Crippen molar-refractivity contribution in [2.45, 2.75) is 46.5 Å². The summed E-state index contributed by atoms with van der Waals surface area (Å²) < 4.78 is 5.77. The van der Waals surface area contributed by atoms with Crippen molar-refractivity contribution in [3.05, 3.63) is 48.5 Å². The monoisotopic (exact) mass is 377 g/mol. The molecule has 28 heavy (non-hydrogen) atoms. The highest BCUT2D eigenvalue weighted by atomic mass is 16.5. The van der Waals surface area contributed by atoms with Gasteiger partial charge < -0.3 is 9.64 Å². The maximum atomic E-state index is 5.77. The predicted octanol–water partition coefficient (Wildman–Crippen LogP) is 6.10. The van der Waals surface area contributed by atoms with Gasteiger partial charge in [0.2, 0.25) is 5.88 Å². The third kappa shape index (κ3) is 4.80. The molecule has 0 atom stereocenters. The zero-order chi connectivity index (χ0) is 19.8. The van der Waals surface area contributed by atoms with Crippen LogP contribution in [0, 0.1) is 0 Å². The van der Waals surface area contributed by atoms with Crippen molar-refractivity contribution in [3.8, 4) is 17.3 Å². The first-order valence-corrected chi connectivity index (χ1v) is 10.5. The van der Waals surface area contributed by atoms with Crippen molar-refractivity contribution >= 4 is 16.6 Å². The third-order valence-electron chi connectivity index (χ3n) is 4.90. The van der Waals surface area contributed by atoms with E-state index in [1.165, 1.54) is 31.4 Å². The molecule has 1 heterocycles. The number of benzene rings is 2. The second-order valence-corrected chi connectivity index (χ2v) is 7.04. The molecule has 0 saturated carbocycles. The molecule has 148 valence electrons. The topological polar surface area (TPSA) is 38.2 Å². The molecule has 0 amide bonds. The molecule has 3 rings (SSSR count). The van der Waals surface area contributed by atoms with E-state index in [9.17, 15) is 0 Å². The van der Waals surface area contributed by atoms with E-state index < -0.39 is 0 Å². The summed E-state index contributed by atoms with van der Waals surface area (Å²) in [5, 5.41) is 0.954. The molecule has 0 radical (unpaired) electrons. The number of para-hydroxylation sites is 1. The van der Waals surface area contributed by atoms with Crippen LogP contribution in [0.4, 0.5) is 5.69 Å². The van der Waals surface area contributed by atoms with Gasteiger partial charge in [-0.05, 0) is 56.2 Å². The van der Waals surface area contributed by atoms with Gasteiger partial charge in [0.05, 0.1) is 17.5 Å². The van der Waals surface area contributed by atoms with Crippen molar-refractivity contribution in [1.29, 1.82) is 0 Å². The fourth-order valence-electron chi connectivity index (χ4n) is 3.31. The van der Waals surface area contributed by atoms with Crippen LogP contribution in [-0.2, 0) is 0 Å². The van der Waals surface area contributed by atoms with Crippen molar-refractivity contribution in [3.63, 3.8) is 0 Å². The van der Waals surface area contributed by atoms with E-state index in [0.29, 0.717) is 18.3 Å². The normalized spacial score (nSPS) is 11.0. The molecule has 0 aliphatic rings. The summed E-state index contributed by atoms with van der Waals surface area (Å²) in [6, 6.07) is 16.6. The zero-order valence-corrected chi connectivity index (χ0v) is 17.3. The van der Waals surface area contributed by atoms with Crippen molar-refractivity contribution in [1.82, 2.24) is 9.97 Å². The van der Waals surface area contributed by atoms with E-state index in [1.807, 2.05) is 31.2 Å². The van der Waals surface area contributed by atoms with Gasteiger partial charge in [-0.25, -0.2) is 4.98 Å². The number of unbranched alkanes of at least 4 members (excludes halogenated alkanes) is 2. The van der Waals surface area contributed by atoms with Crippen molar-refractivity contribution < 1.29 is 4.74 Å². The number of hydrogen-bond donors (Lipinski definition) is 0. The lowest BCUT2D eigenvalue weighted by Gasteiger charge is -2.25. The number of anilines is 1. The average molecular weight is 378 g/mol. The van der Waals surface area contributed by atoms with Gasteiger partial charge in [-0.3, -0.25) is 0 Å². The molecule has 4 heteroatoms. The lowest BCUT2D eigenvalue weighted by atomic mass is 10.1. The molecular formula is C24H31N3O. The average Bonchev–Trinajstić information content (AvgIpc) is 2.74. The number of nitrogens with zero attached hydrogens (tertiary/aromatic N) is 3. The van der Waals surface area contributed by atoms with Crippen molar-refractivity contribution in [2.24, 2.45) is 0 Å². The maximum absolute atomic E-state index is 5.77. The van der Waals surface area contributed by atoms with Gasteiger partial charge >= 0.3 is 0 Å². The van der Waals surface area contributed by atoms with Gasteiger partial charge in [-0.15, -0.1) is 0 Å². The summed E-state index contributed by atoms with van der Waals surface area (Å²) in [5.74, 6) is 1.36. The van der Waals surface area contributed by atoms with E-state index >= 15 is 0 Å². The molecule has 3 aromatic rings. The Labute approximate surface area is 168 Å². The number of fused-ring (bicyclic) bond motifs is 1. The third-order valence-corrected chi connectivity index (χ3v) is 4.90. The van der Waals surface area contributed by atoms with Crippen molar-refractivity contribution in [2.75, 3.05) is 24.6 Å². The quantitative estimate of drug-likeness (QED) is 0.428. The van der Waals surface area contributed by atoms with Crippen LogP contribution >= 0.6 is 0 Å². The first-order chi connectivity index (χ1) is 13.8. The lowest BCUT2D eigenvalue weighted by molar-refractivity contribution is 0.331. The van der Waals surface area contributed by atoms with Gasteiger partial charge in [0.15, 0.2) is 5.82 Å². The summed E-state index contributed by atoms with van der Waals surface area (Å²) in [4.78, 5) is 11.9. The second kappa shape index (κ2) is 10.1. The summed E-state index contributed by atoms with van der Waals surface area (Å²) >= 11 is 0. The summed E-state index contributed by atoms with van der Waals surface area (Å²) in [6.07, 6.45) is 4.87. The molecule has 1 aromatic heterocycles. The van der Waals surface area contributed by atoms with Gasteiger partial charge in [-0.1, -0.05) is 38.8 Å². The number of hydrogen-bond acceptors (Lipinski definition) is 4. The predicted molar refractivity (Wildman–Crippen MR) is 118 cm³/mol. The van der Waals surface area contributed by atoms with E-state index in [-0.39, 0.29) is 0 Å². The smallest absolute Gasteiger partial charge is 0.225 e. The van der Waals surface area contributed by atoms with Gasteiger partial charge in [-0.2, -0.15) is 4.98 Å². The molecule has 0 aliphatic heterocycles. The Morgan fingerprint density at radius 3 is 2.14 bits per heavy atom. The summed E-state index contributed by atoms with van der Waals surface area (Å²) in [7, 11) is 0. The minimum absolute atomic E-state index is 0.587. The molecule has 0 aliphatic carbocycles. The zero-order valence-electron chi connectivity index (χ0n) is 17.3. The van der Waals surface area contributed by atoms with Crippen LogP contribution < -0.4 is 9.64 Å². The summed E-state index contributed by atoms with van der Waals surface area (Å²) in [5.41, 5.74) is 3.20. The molecule has 0 saturated heterocycles. The van der Waals surface area contributed by atoms with E-state index in [2.05, 4.69) is 48.0 Å². The van der Waals surface area contributed by atoms with Crippen LogP contribution in [-0.4, -0.2) is 29.7 Å². The Bertz CT molecular complexity index is 869. The lowest BCUT2D eigenvalue weighted by Crippen LogP contribution is -2.25. The Balaban J connectivity index is 1.89. The largest absolute Gasteiger partial charge is 0.477 e. The fraction of sp³-hybridized carbons (Fsp3) is 0.417. The first-order valence-electron chi connectivity index (χ1n) is 10.5. The van der Waals surface area contributed by atoms with E-state index in [1.54, 1.807) is 0 Å². The molecule has 0 fully saturated rings. The van der Waals surface area contributed by atoms with Crippen LogP contribution in [0.3, 0.4) is 0 Å². The van der Waals surface area contributed by atoms with Crippen LogP contribution in [0.25, 0.3) is 22.3 Å². The molecule has 0 bridgehead atoms. The molecule has 0 unspecified atom stereocenters. The standard InChI is InChI=1S/C24H31N3O/c1-4-7-17-27(18-8-5-2)20-15-13-19(14-16-20)23-25-22-12-10-9-11-21(22)24(26-23)28-6-3/h9-16H,4-8,17-18H2,1-3H3. The molecule has 4 nitrogen and oxygen atoms in total. The highest BCUT2D eigenvalue weighted by Gasteiger charge is 2.11. The molecule has 2 aromatic carbocycles. The highest BCUT2D eigenvalue weighted by molar-refractivity contribution is 5.85. The Morgan fingerprint density at radius 2 is 1.50 bits per heavy atom. The molecule has 0 N–H and O–H groups in total. The van der Waals surface area contributed by atoms with Crippen LogP contribution in [0.15, 0.2) is 48.5 Å². The Kier molecular flexibility index (Phi) is 7.24. The fourth-order valence-corrected chi connectivity index (χ4v) is 3.31. The van der Waals surface area contributed by atoms with Gasteiger partial charge in [0, 0.05) is 24.3 Å². The van der Waals surface area contributed by atoms with Crippen LogP contribution in [0.2, 0.25) is 0 Å². The summed E-state index contributed by atoms with van der Waals surface area (Å²) in [6.45, 7) is 9.27. The van der Waals surface area contributed by atoms with Gasteiger partial charge in [0.1, 0.15) is 0 Å². The Morgan fingerprint density at radius 1 is 0.821 bits per heavy atom. The SMILES string of the molecule is CCCCN(CCCC)c1ccc(-c2nc(OCC)c3ccccc3n2)cc1. The molecule has 0 spiro atoms. The van der Waals surface area contributed by atoms with E-state index in [0.717, 1.165) is 29.6 Å². The number of ether oxygens (including phenoxy) is 1. The van der Waals surface area contributed by atoms with E-state index in [4.69, 9.17) is 9.72 Å². The number of rotatable bonds is 10. The minimum atomic E-state index is 0.587. The molecular weight excluding hydrogens is 346 g/mol. The van der Waals surface area contributed by atoms with Crippen LogP contribution in [0.5, 0.6) is 5.88 Å². The van der Waals surface area contributed by atoms with Gasteiger partial charge in [0.25, 0.3) is 0 Å². The maximum Gasteiger partial charge on any atom is 0.225 e. The first kappa shape index (κ1) is 20.1. The highest BCUT2D eigenvalue weighted by Crippen LogP contribution is 2.28. The van der Waals surface area contributed by atoms with Crippen LogP contribution in [0.1, 0.15) is 46.5 Å².